The highest BCUT2D eigenvalue weighted by molar-refractivity contribution is 7.80. The Balaban J connectivity index is 1.56. The lowest BCUT2D eigenvalue weighted by Gasteiger charge is -2.10. The molecule has 30 heavy (non-hydrogen) atoms. The number of hydrogen-bond acceptors (Lipinski definition) is 5. The van der Waals surface area contributed by atoms with Gasteiger partial charge in [0, 0.05) is 11.6 Å². The second-order valence-corrected chi connectivity index (χ2v) is 6.52. The Hall–Kier alpha value is -3.85. The molecule has 0 radical (unpaired) electrons. The first-order valence-corrected chi connectivity index (χ1v) is 9.21. The van der Waals surface area contributed by atoms with Gasteiger partial charge in [-0.1, -0.05) is 47.6 Å². The number of carbonyl (C=O) groups is 2. The van der Waals surface area contributed by atoms with Crippen molar-refractivity contribution in [2.45, 2.75) is 6.92 Å². The third-order valence-electron chi connectivity index (χ3n) is 3.96. The second kappa shape index (κ2) is 9.57. The number of rotatable bonds is 4. The summed E-state index contributed by atoms with van der Waals surface area (Å²) in [4.78, 5) is 24.5. The van der Waals surface area contributed by atoms with Gasteiger partial charge in [-0.25, -0.2) is 4.39 Å². The zero-order valence-electron chi connectivity index (χ0n) is 15.8. The van der Waals surface area contributed by atoms with E-state index in [1.54, 1.807) is 19.1 Å². The lowest BCUT2D eigenvalue weighted by atomic mass is 10.1. The largest absolute Gasteiger partial charge is 0.360 e. The Morgan fingerprint density at radius 3 is 2.47 bits per heavy atom. The highest BCUT2D eigenvalue weighted by Crippen LogP contribution is 2.24. The van der Waals surface area contributed by atoms with Gasteiger partial charge in [-0.3, -0.25) is 25.8 Å². The topological polar surface area (TPSA) is 96.3 Å². The van der Waals surface area contributed by atoms with Crippen LogP contribution in [-0.4, -0.2) is 22.1 Å². The second-order valence-electron chi connectivity index (χ2n) is 6.11. The minimum Gasteiger partial charge on any atom is -0.360 e. The van der Waals surface area contributed by atoms with Crippen molar-refractivity contribution in [1.29, 1.82) is 0 Å². The molecule has 3 aromatic rings. The number of halogens is 1. The number of aryl methyl sites for hydroxylation is 1. The summed E-state index contributed by atoms with van der Waals surface area (Å²) in [5.74, 6) is -1.06. The SMILES string of the molecule is Cc1onc(-c2ccccc2)c1C(=O)NNC(=S)NC(=O)C=Cc1ccc(F)cc1. The van der Waals surface area contributed by atoms with E-state index in [-0.39, 0.29) is 16.5 Å². The van der Waals surface area contributed by atoms with E-state index in [0.29, 0.717) is 17.0 Å². The van der Waals surface area contributed by atoms with E-state index in [1.165, 1.54) is 36.4 Å². The van der Waals surface area contributed by atoms with Gasteiger partial charge in [0.1, 0.15) is 22.8 Å². The van der Waals surface area contributed by atoms with E-state index in [2.05, 4.69) is 21.3 Å². The summed E-state index contributed by atoms with van der Waals surface area (Å²) in [7, 11) is 0. The predicted molar refractivity (Wildman–Crippen MR) is 113 cm³/mol. The number of carbonyl (C=O) groups excluding carboxylic acids is 2. The molecule has 7 nitrogen and oxygen atoms in total. The van der Waals surface area contributed by atoms with E-state index in [4.69, 9.17) is 16.7 Å². The summed E-state index contributed by atoms with van der Waals surface area (Å²) in [6.45, 7) is 1.62. The molecule has 0 saturated carbocycles. The lowest BCUT2D eigenvalue weighted by molar-refractivity contribution is -0.115. The average Bonchev–Trinajstić information content (AvgIpc) is 3.14. The maximum atomic E-state index is 12.9. The summed E-state index contributed by atoms with van der Waals surface area (Å²) in [5, 5.41) is 6.23. The average molecular weight is 424 g/mol. The Morgan fingerprint density at radius 2 is 1.77 bits per heavy atom. The molecular formula is C21H17FN4O3S. The normalized spacial score (nSPS) is 10.6. The van der Waals surface area contributed by atoms with Crippen LogP contribution in [0.3, 0.4) is 0 Å². The van der Waals surface area contributed by atoms with Gasteiger partial charge < -0.3 is 4.52 Å². The molecule has 152 valence electrons. The van der Waals surface area contributed by atoms with E-state index in [0.717, 1.165) is 5.56 Å². The molecule has 0 saturated heterocycles. The highest BCUT2D eigenvalue weighted by atomic mass is 32.1. The smallest absolute Gasteiger partial charge is 0.275 e. The van der Waals surface area contributed by atoms with Gasteiger partial charge in [0.25, 0.3) is 5.91 Å². The first-order valence-electron chi connectivity index (χ1n) is 8.80. The lowest BCUT2D eigenvalue weighted by Crippen LogP contribution is -2.48. The summed E-state index contributed by atoms with van der Waals surface area (Å²) >= 11 is 5.00. The molecule has 2 aromatic carbocycles. The molecule has 0 fully saturated rings. The van der Waals surface area contributed by atoms with Crippen LogP contribution < -0.4 is 16.2 Å². The van der Waals surface area contributed by atoms with Gasteiger partial charge in [-0.15, -0.1) is 0 Å². The molecule has 0 aliphatic heterocycles. The maximum absolute atomic E-state index is 12.9. The number of amides is 2. The molecule has 3 N–H and O–H groups in total. The molecule has 0 bridgehead atoms. The Morgan fingerprint density at radius 1 is 1.07 bits per heavy atom. The van der Waals surface area contributed by atoms with Crippen LogP contribution in [0.2, 0.25) is 0 Å². The van der Waals surface area contributed by atoms with Gasteiger partial charge in [0.15, 0.2) is 5.11 Å². The van der Waals surface area contributed by atoms with Gasteiger partial charge in [-0.05, 0) is 42.9 Å². The van der Waals surface area contributed by atoms with Crippen LogP contribution >= 0.6 is 12.2 Å². The number of nitrogens with one attached hydrogen (secondary N) is 3. The van der Waals surface area contributed by atoms with Crippen LogP contribution in [0.15, 0.2) is 65.2 Å². The molecule has 9 heteroatoms. The van der Waals surface area contributed by atoms with Crippen molar-refractivity contribution in [1.82, 2.24) is 21.3 Å². The van der Waals surface area contributed by atoms with Crippen LogP contribution in [0.25, 0.3) is 17.3 Å². The molecule has 0 spiro atoms. The standard InChI is InChI=1S/C21H17FN4O3S/c1-13-18(19(26-29-13)15-5-3-2-4-6-15)20(28)24-25-21(30)23-17(27)12-9-14-7-10-16(22)11-8-14/h2-12H,1H3,(H,24,28)(H2,23,25,27,30). The van der Waals surface area contributed by atoms with Crippen LogP contribution in [0, 0.1) is 12.7 Å². The first-order chi connectivity index (χ1) is 14.4. The van der Waals surface area contributed by atoms with Crippen molar-refractivity contribution >= 4 is 35.2 Å². The van der Waals surface area contributed by atoms with E-state index >= 15 is 0 Å². The van der Waals surface area contributed by atoms with Crippen molar-refractivity contribution in [3.63, 3.8) is 0 Å². The minimum atomic E-state index is -0.522. The molecule has 0 atom stereocenters. The van der Waals surface area contributed by atoms with Crippen LogP contribution in [0.4, 0.5) is 4.39 Å². The van der Waals surface area contributed by atoms with Crippen molar-refractivity contribution < 1.29 is 18.5 Å². The number of aromatic nitrogens is 1. The van der Waals surface area contributed by atoms with Crippen LogP contribution in [0.5, 0.6) is 0 Å². The number of hydrazine groups is 1. The van der Waals surface area contributed by atoms with Crippen molar-refractivity contribution in [2.75, 3.05) is 0 Å². The Bertz CT molecular complexity index is 1100. The van der Waals surface area contributed by atoms with E-state index in [9.17, 15) is 14.0 Å². The Kier molecular flexibility index (Phi) is 6.66. The highest BCUT2D eigenvalue weighted by Gasteiger charge is 2.21. The van der Waals surface area contributed by atoms with Crippen molar-refractivity contribution in [2.24, 2.45) is 0 Å². The molecule has 0 aliphatic carbocycles. The van der Waals surface area contributed by atoms with Crippen molar-refractivity contribution in [3.05, 3.63) is 83.4 Å². The van der Waals surface area contributed by atoms with E-state index < -0.39 is 11.8 Å². The van der Waals surface area contributed by atoms with Gasteiger partial charge in [0.2, 0.25) is 5.91 Å². The summed E-state index contributed by atoms with van der Waals surface area (Å²) in [6.07, 6.45) is 2.74. The van der Waals surface area contributed by atoms with Gasteiger partial charge in [0.05, 0.1) is 0 Å². The fourth-order valence-corrected chi connectivity index (χ4v) is 2.69. The summed E-state index contributed by atoms with van der Waals surface area (Å²) in [5.41, 5.74) is 6.88. The predicted octanol–water partition coefficient (Wildman–Crippen LogP) is 3.14. The minimum absolute atomic E-state index is 0.104. The van der Waals surface area contributed by atoms with Gasteiger partial charge >= 0.3 is 0 Å². The van der Waals surface area contributed by atoms with Crippen LogP contribution in [-0.2, 0) is 4.79 Å². The molecular weight excluding hydrogens is 407 g/mol. The molecule has 3 rings (SSSR count). The fraction of sp³-hybridized carbons (Fsp3) is 0.0476. The first kappa shape index (κ1) is 20.9. The molecule has 0 aliphatic rings. The number of nitrogens with zero attached hydrogens (tertiary/aromatic N) is 1. The number of benzene rings is 2. The quantitative estimate of drug-likeness (QED) is 0.338. The van der Waals surface area contributed by atoms with Crippen molar-refractivity contribution in [3.8, 4) is 11.3 Å². The fourth-order valence-electron chi connectivity index (χ4n) is 2.54. The zero-order chi connectivity index (χ0) is 21.5. The zero-order valence-corrected chi connectivity index (χ0v) is 16.6. The third kappa shape index (κ3) is 5.36. The number of hydrogen-bond donors (Lipinski definition) is 3. The summed E-state index contributed by atoms with van der Waals surface area (Å²) < 4.78 is 18.0. The third-order valence-corrected chi connectivity index (χ3v) is 4.16. The number of thiocarbonyl (C=S) groups is 1. The molecule has 1 aromatic heterocycles. The Labute approximate surface area is 176 Å². The molecule has 2 amide bonds. The monoisotopic (exact) mass is 424 g/mol. The van der Waals surface area contributed by atoms with Gasteiger partial charge in [-0.2, -0.15) is 0 Å². The maximum Gasteiger partial charge on any atom is 0.275 e. The van der Waals surface area contributed by atoms with Crippen LogP contribution in [0.1, 0.15) is 21.7 Å². The molecule has 0 unspecified atom stereocenters. The summed E-state index contributed by atoms with van der Waals surface area (Å²) in [6, 6.07) is 14.7. The molecule has 1 heterocycles. The van der Waals surface area contributed by atoms with E-state index in [1.807, 2.05) is 18.2 Å².